The number of hydrogen-bond acceptors (Lipinski definition) is 4. The van der Waals surface area contributed by atoms with E-state index < -0.39 is 0 Å². The maximum absolute atomic E-state index is 11.7. The molecular weight excluding hydrogens is 270 g/mol. The van der Waals surface area contributed by atoms with Gasteiger partial charge in [-0.05, 0) is 31.2 Å². The SMILES string of the molecule is Cc1cccc(=O)n1CCOc1cccc(C(=O)NN)c1. The number of nitrogen functional groups attached to an aromatic ring is 1. The molecule has 0 saturated carbocycles. The molecule has 0 spiro atoms. The number of aromatic nitrogens is 1. The van der Waals surface area contributed by atoms with E-state index >= 15 is 0 Å². The van der Waals surface area contributed by atoms with Crippen LogP contribution in [0.5, 0.6) is 5.75 Å². The Labute approximate surface area is 122 Å². The zero-order valence-electron chi connectivity index (χ0n) is 11.7. The lowest BCUT2D eigenvalue weighted by Gasteiger charge is -2.11. The molecule has 0 atom stereocenters. The van der Waals surface area contributed by atoms with Gasteiger partial charge in [-0.2, -0.15) is 0 Å². The predicted octanol–water partition coefficient (Wildman–Crippen LogP) is 0.839. The molecule has 0 unspecified atom stereocenters. The minimum Gasteiger partial charge on any atom is -0.492 e. The number of nitrogens with zero attached hydrogens (tertiary/aromatic N) is 1. The van der Waals surface area contributed by atoms with Gasteiger partial charge in [0.2, 0.25) is 0 Å². The van der Waals surface area contributed by atoms with E-state index in [0.29, 0.717) is 24.5 Å². The average Bonchev–Trinajstić information content (AvgIpc) is 2.50. The largest absolute Gasteiger partial charge is 0.492 e. The highest BCUT2D eigenvalue weighted by Crippen LogP contribution is 2.13. The van der Waals surface area contributed by atoms with E-state index in [0.717, 1.165) is 5.69 Å². The fourth-order valence-electron chi connectivity index (χ4n) is 1.98. The van der Waals surface area contributed by atoms with Gasteiger partial charge in [0.15, 0.2) is 0 Å². The number of nitrogens with one attached hydrogen (secondary N) is 1. The summed E-state index contributed by atoms with van der Waals surface area (Å²) in [6, 6.07) is 11.8. The fraction of sp³-hybridized carbons (Fsp3) is 0.200. The second-order valence-electron chi connectivity index (χ2n) is 4.51. The molecule has 1 amide bonds. The van der Waals surface area contributed by atoms with Crippen molar-refractivity contribution in [2.24, 2.45) is 5.84 Å². The zero-order chi connectivity index (χ0) is 15.2. The second-order valence-corrected chi connectivity index (χ2v) is 4.51. The summed E-state index contributed by atoms with van der Waals surface area (Å²) in [6.45, 7) is 2.64. The molecule has 2 rings (SSSR count). The summed E-state index contributed by atoms with van der Waals surface area (Å²) < 4.78 is 7.21. The summed E-state index contributed by atoms with van der Waals surface area (Å²) in [5.41, 5.74) is 3.30. The molecule has 6 heteroatoms. The summed E-state index contributed by atoms with van der Waals surface area (Å²) in [7, 11) is 0. The molecule has 0 aliphatic carbocycles. The molecule has 1 heterocycles. The van der Waals surface area contributed by atoms with Crippen molar-refractivity contribution in [3.63, 3.8) is 0 Å². The van der Waals surface area contributed by atoms with E-state index in [-0.39, 0.29) is 11.5 Å². The number of rotatable bonds is 5. The lowest BCUT2D eigenvalue weighted by atomic mass is 10.2. The third-order valence-corrected chi connectivity index (χ3v) is 3.08. The number of amides is 1. The number of benzene rings is 1. The molecule has 0 radical (unpaired) electrons. The molecule has 2 aromatic rings. The number of aryl methyl sites for hydroxylation is 1. The molecule has 0 bridgehead atoms. The molecule has 1 aromatic heterocycles. The molecule has 1 aromatic carbocycles. The number of carbonyl (C=O) groups excluding carboxylic acids is 1. The number of nitrogens with two attached hydrogens (primary N) is 1. The summed E-state index contributed by atoms with van der Waals surface area (Å²) in [4.78, 5) is 23.1. The van der Waals surface area contributed by atoms with Gasteiger partial charge in [0.1, 0.15) is 12.4 Å². The Morgan fingerprint density at radius 2 is 2.05 bits per heavy atom. The molecule has 21 heavy (non-hydrogen) atoms. The topological polar surface area (TPSA) is 86.3 Å². The number of carbonyl (C=O) groups is 1. The number of pyridine rings is 1. The fourth-order valence-corrected chi connectivity index (χ4v) is 1.98. The monoisotopic (exact) mass is 287 g/mol. The van der Waals surface area contributed by atoms with Gasteiger partial charge in [-0.3, -0.25) is 15.0 Å². The molecule has 0 aliphatic rings. The van der Waals surface area contributed by atoms with Gasteiger partial charge in [0.05, 0.1) is 6.54 Å². The van der Waals surface area contributed by atoms with Gasteiger partial charge >= 0.3 is 0 Å². The van der Waals surface area contributed by atoms with Crippen molar-refractivity contribution in [3.8, 4) is 5.75 Å². The quantitative estimate of drug-likeness (QED) is 0.485. The first kappa shape index (κ1) is 14.8. The Hall–Kier alpha value is -2.60. The lowest BCUT2D eigenvalue weighted by molar-refractivity contribution is 0.0953. The summed E-state index contributed by atoms with van der Waals surface area (Å²) in [5, 5.41) is 0. The first-order valence-corrected chi connectivity index (χ1v) is 6.52. The molecule has 0 aliphatic heterocycles. The molecule has 110 valence electrons. The van der Waals surface area contributed by atoms with E-state index in [1.807, 2.05) is 13.0 Å². The van der Waals surface area contributed by atoms with E-state index in [2.05, 4.69) is 5.43 Å². The van der Waals surface area contributed by atoms with Crippen LogP contribution in [0, 0.1) is 6.92 Å². The minimum atomic E-state index is -0.379. The lowest BCUT2D eigenvalue weighted by Crippen LogP contribution is -2.29. The Bertz CT molecular complexity index is 695. The minimum absolute atomic E-state index is 0.0603. The van der Waals surface area contributed by atoms with E-state index in [1.165, 1.54) is 6.07 Å². The van der Waals surface area contributed by atoms with Crippen molar-refractivity contribution in [2.45, 2.75) is 13.5 Å². The van der Waals surface area contributed by atoms with Crippen molar-refractivity contribution in [2.75, 3.05) is 6.61 Å². The van der Waals surface area contributed by atoms with Crippen molar-refractivity contribution < 1.29 is 9.53 Å². The van der Waals surface area contributed by atoms with Crippen molar-refractivity contribution >= 4 is 5.91 Å². The highest BCUT2D eigenvalue weighted by molar-refractivity contribution is 5.94. The third-order valence-electron chi connectivity index (χ3n) is 3.08. The van der Waals surface area contributed by atoms with Gasteiger partial charge in [0, 0.05) is 17.3 Å². The highest BCUT2D eigenvalue weighted by Gasteiger charge is 2.05. The van der Waals surface area contributed by atoms with Gasteiger partial charge in [-0.15, -0.1) is 0 Å². The average molecular weight is 287 g/mol. The van der Waals surface area contributed by atoms with Crippen LogP contribution >= 0.6 is 0 Å². The normalized spacial score (nSPS) is 10.2. The van der Waals surface area contributed by atoms with Crippen LogP contribution in [0.15, 0.2) is 47.3 Å². The second kappa shape index (κ2) is 6.71. The number of hydrazine groups is 1. The predicted molar refractivity (Wildman–Crippen MR) is 79.0 cm³/mol. The van der Waals surface area contributed by atoms with Crippen LogP contribution in [-0.2, 0) is 6.54 Å². The van der Waals surface area contributed by atoms with Crippen LogP contribution < -0.4 is 21.6 Å². The van der Waals surface area contributed by atoms with E-state index in [9.17, 15) is 9.59 Å². The van der Waals surface area contributed by atoms with Gasteiger partial charge in [-0.25, -0.2) is 5.84 Å². The molecule has 3 N–H and O–H groups in total. The zero-order valence-corrected chi connectivity index (χ0v) is 11.7. The van der Waals surface area contributed by atoms with Crippen LogP contribution in [-0.4, -0.2) is 17.1 Å². The summed E-state index contributed by atoms with van der Waals surface area (Å²) in [5.74, 6) is 5.26. The van der Waals surface area contributed by atoms with Crippen molar-refractivity contribution in [1.29, 1.82) is 0 Å². The van der Waals surface area contributed by atoms with Gasteiger partial charge < -0.3 is 9.30 Å². The Morgan fingerprint density at radius 1 is 1.29 bits per heavy atom. The van der Waals surface area contributed by atoms with Crippen molar-refractivity contribution in [3.05, 3.63) is 64.1 Å². The third kappa shape index (κ3) is 3.70. The summed E-state index contributed by atoms with van der Waals surface area (Å²) >= 11 is 0. The smallest absolute Gasteiger partial charge is 0.265 e. The van der Waals surface area contributed by atoms with E-state index in [4.69, 9.17) is 10.6 Å². The van der Waals surface area contributed by atoms with Gasteiger partial charge in [-0.1, -0.05) is 12.1 Å². The maximum atomic E-state index is 11.7. The highest BCUT2D eigenvalue weighted by atomic mass is 16.5. The van der Waals surface area contributed by atoms with Gasteiger partial charge in [0.25, 0.3) is 11.5 Å². The summed E-state index contributed by atoms with van der Waals surface area (Å²) in [6.07, 6.45) is 0. The van der Waals surface area contributed by atoms with Crippen LogP contribution in [0.3, 0.4) is 0 Å². The molecule has 6 nitrogen and oxygen atoms in total. The maximum Gasteiger partial charge on any atom is 0.265 e. The Morgan fingerprint density at radius 3 is 2.76 bits per heavy atom. The molecular formula is C15H17N3O3. The van der Waals surface area contributed by atoms with Crippen LogP contribution in [0.4, 0.5) is 0 Å². The number of ether oxygens (including phenoxy) is 1. The van der Waals surface area contributed by atoms with Crippen molar-refractivity contribution in [1.82, 2.24) is 9.99 Å². The Balaban J connectivity index is 2.01. The van der Waals surface area contributed by atoms with Crippen LogP contribution in [0.1, 0.15) is 16.1 Å². The standard InChI is InChI=1S/C15H17N3O3/c1-11-4-2-7-14(19)18(11)8-9-21-13-6-3-5-12(10-13)15(20)17-16/h2-7,10H,8-9,16H2,1H3,(H,17,20). The number of hydrogen-bond donors (Lipinski definition) is 2. The molecule has 0 fully saturated rings. The molecule has 0 saturated heterocycles. The van der Waals surface area contributed by atoms with Crippen LogP contribution in [0.25, 0.3) is 0 Å². The van der Waals surface area contributed by atoms with Crippen LogP contribution in [0.2, 0.25) is 0 Å². The first-order valence-electron chi connectivity index (χ1n) is 6.52. The first-order chi connectivity index (χ1) is 10.1. The van der Waals surface area contributed by atoms with E-state index in [1.54, 1.807) is 34.9 Å². The Kier molecular flexibility index (Phi) is 4.73.